The number of fused-ring (bicyclic) bond motifs is 1. The highest BCUT2D eigenvalue weighted by molar-refractivity contribution is 5.88. The SMILES string of the molecule is C=CCCC1CCC(CCc2ccc(-c3ccc4c(F)c(CC/C=C/C)ccc4c3)cc2)CC1. The first kappa shape index (κ1) is 24.5. The van der Waals surface area contributed by atoms with Gasteiger partial charge in [0.25, 0.3) is 0 Å². The Bertz CT molecular complexity index is 1100. The molecule has 0 heterocycles. The van der Waals surface area contributed by atoms with E-state index in [1.54, 1.807) is 0 Å². The van der Waals surface area contributed by atoms with Crippen molar-refractivity contribution in [2.24, 2.45) is 11.8 Å². The molecule has 0 amide bonds. The summed E-state index contributed by atoms with van der Waals surface area (Å²) in [7, 11) is 0. The van der Waals surface area contributed by atoms with E-state index in [0.29, 0.717) is 0 Å². The van der Waals surface area contributed by atoms with Crippen LogP contribution in [-0.2, 0) is 12.8 Å². The Morgan fingerprint density at radius 2 is 1.53 bits per heavy atom. The van der Waals surface area contributed by atoms with Gasteiger partial charge in [0.2, 0.25) is 0 Å². The maximum atomic E-state index is 15.0. The minimum Gasteiger partial charge on any atom is -0.206 e. The van der Waals surface area contributed by atoms with Gasteiger partial charge in [0.1, 0.15) is 5.82 Å². The van der Waals surface area contributed by atoms with Crippen LogP contribution in [0.5, 0.6) is 0 Å². The van der Waals surface area contributed by atoms with Crippen LogP contribution in [0.3, 0.4) is 0 Å². The molecule has 0 N–H and O–H groups in total. The first-order valence-electron chi connectivity index (χ1n) is 13.2. The molecule has 0 bridgehead atoms. The van der Waals surface area contributed by atoms with Crippen LogP contribution in [0.4, 0.5) is 4.39 Å². The third kappa shape index (κ3) is 6.26. The Hall–Kier alpha value is -2.67. The monoisotopic (exact) mass is 454 g/mol. The molecule has 0 nitrogen and oxygen atoms in total. The summed E-state index contributed by atoms with van der Waals surface area (Å²) >= 11 is 0. The zero-order valence-electron chi connectivity index (χ0n) is 20.7. The van der Waals surface area contributed by atoms with Crippen LogP contribution >= 0.6 is 0 Å². The normalized spacial score (nSPS) is 18.5. The van der Waals surface area contributed by atoms with E-state index in [0.717, 1.165) is 46.6 Å². The van der Waals surface area contributed by atoms with Gasteiger partial charge in [0.05, 0.1) is 0 Å². The summed E-state index contributed by atoms with van der Waals surface area (Å²) in [5.74, 6) is 1.74. The number of aryl methyl sites for hydroxylation is 2. The van der Waals surface area contributed by atoms with Crippen LogP contribution in [0, 0.1) is 17.7 Å². The fourth-order valence-corrected chi connectivity index (χ4v) is 5.51. The summed E-state index contributed by atoms with van der Waals surface area (Å²) in [6, 6.07) is 19.1. The molecule has 34 heavy (non-hydrogen) atoms. The highest BCUT2D eigenvalue weighted by atomic mass is 19.1. The van der Waals surface area contributed by atoms with Gasteiger partial charge in [0, 0.05) is 5.39 Å². The number of allylic oxidation sites excluding steroid dienone is 3. The van der Waals surface area contributed by atoms with Gasteiger partial charge in [0.15, 0.2) is 0 Å². The number of hydrogen-bond donors (Lipinski definition) is 0. The van der Waals surface area contributed by atoms with Crippen molar-refractivity contribution in [1.82, 2.24) is 0 Å². The van der Waals surface area contributed by atoms with Crippen molar-refractivity contribution in [3.63, 3.8) is 0 Å². The number of halogens is 1. The molecular formula is C33H39F. The molecule has 0 unspecified atom stereocenters. The zero-order valence-corrected chi connectivity index (χ0v) is 20.7. The molecule has 0 saturated heterocycles. The van der Waals surface area contributed by atoms with Crippen LogP contribution in [0.1, 0.15) is 69.4 Å². The van der Waals surface area contributed by atoms with Crippen molar-refractivity contribution in [2.75, 3.05) is 0 Å². The number of rotatable bonds is 10. The summed E-state index contributed by atoms with van der Waals surface area (Å²) in [6.07, 6.45) is 18.4. The lowest BCUT2D eigenvalue weighted by Crippen LogP contribution is -2.15. The molecule has 0 radical (unpaired) electrons. The van der Waals surface area contributed by atoms with Crippen LogP contribution in [0.25, 0.3) is 21.9 Å². The molecule has 0 aliphatic heterocycles. The second-order valence-corrected chi connectivity index (χ2v) is 10.1. The van der Waals surface area contributed by atoms with Gasteiger partial charge >= 0.3 is 0 Å². The lowest BCUT2D eigenvalue weighted by Gasteiger charge is -2.28. The summed E-state index contributed by atoms with van der Waals surface area (Å²) in [5, 5.41) is 1.69. The molecule has 4 rings (SSSR count). The highest BCUT2D eigenvalue weighted by Crippen LogP contribution is 2.34. The second-order valence-electron chi connectivity index (χ2n) is 10.1. The molecule has 1 fully saturated rings. The van der Waals surface area contributed by atoms with E-state index in [1.165, 1.54) is 62.5 Å². The summed E-state index contributed by atoms with van der Waals surface area (Å²) in [5.41, 5.74) is 4.58. The van der Waals surface area contributed by atoms with E-state index >= 15 is 0 Å². The van der Waals surface area contributed by atoms with Crippen LogP contribution in [-0.4, -0.2) is 0 Å². The Balaban J connectivity index is 1.35. The van der Waals surface area contributed by atoms with E-state index in [2.05, 4.69) is 61.2 Å². The summed E-state index contributed by atoms with van der Waals surface area (Å²) in [4.78, 5) is 0. The third-order valence-corrected chi connectivity index (χ3v) is 7.72. The zero-order chi connectivity index (χ0) is 23.8. The van der Waals surface area contributed by atoms with Crippen LogP contribution in [0.15, 0.2) is 79.4 Å². The van der Waals surface area contributed by atoms with Crippen molar-refractivity contribution in [2.45, 2.75) is 71.1 Å². The van der Waals surface area contributed by atoms with Crippen molar-refractivity contribution >= 4 is 10.8 Å². The average molecular weight is 455 g/mol. The fraction of sp³-hybridized carbons (Fsp3) is 0.394. The lowest BCUT2D eigenvalue weighted by molar-refractivity contribution is 0.254. The third-order valence-electron chi connectivity index (χ3n) is 7.72. The molecule has 1 aliphatic rings. The van der Waals surface area contributed by atoms with E-state index in [4.69, 9.17) is 0 Å². The van der Waals surface area contributed by atoms with Gasteiger partial charge in [-0.25, -0.2) is 4.39 Å². The molecular weight excluding hydrogens is 415 g/mol. The molecule has 1 heteroatoms. The quantitative estimate of drug-likeness (QED) is 0.267. The van der Waals surface area contributed by atoms with E-state index < -0.39 is 0 Å². The van der Waals surface area contributed by atoms with Gasteiger partial charge in [-0.3, -0.25) is 0 Å². The van der Waals surface area contributed by atoms with Crippen molar-refractivity contribution in [3.05, 3.63) is 96.3 Å². The maximum Gasteiger partial charge on any atom is 0.134 e. The van der Waals surface area contributed by atoms with E-state index in [1.807, 2.05) is 25.1 Å². The summed E-state index contributed by atoms with van der Waals surface area (Å²) in [6.45, 7) is 5.87. The molecule has 0 spiro atoms. The summed E-state index contributed by atoms with van der Waals surface area (Å²) < 4.78 is 15.0. The molecule has 0 atom stereocenters. The van der Waals surface area contributed by atoms with Crippen LogP contribution in [0.2, 0.25) is 0 Å². The van der Waals surface area contributed by atoms with Gasteiger partial charge in [-0.1, -0.05) is 92.4 Å². The highest BCUT2D eigenvalue weighted by Gasteiger charge is 2.20. The number of benzene rings is 3. The Morgan fingerprint density at radius 3 is 2.24 bits per heavy atom. The van der Waals surface area contributed by atoms with Gasteiger partial charge in [-0.2, -0.15) is 0 Å². The molecule has 0 aromatic heterocycles. The molecule has 1 saturated carbocycles. The predicted molar refractivity (Wildman–Crippen MR) is 146 cm³/mol. The van der Waals surface area contributed by atoms with E-state index in [-0.39, 0.29) is 5.82 Å². The van der Waals surface area contributed by atoms with Gasteiger partial charge < -0.3 is 0 Å². The minimum absolute atomic E-state index is 0.0707. The minimum atomic E-state index is -0.0707. The topological polar surface area (TPSA) is 0 Å². The fourth-order valence-electron chi connectivity index (χ4n) is 5.51. The first-order valence-corrected chi connectivity index (χ1v) is 13.2. The van der Waals surface area contributed by atoms with Gasteiger partial charge in [-0.15, -0.1) is 6.58 Å². The predicted octanol–water partition coefficient (Wildman–Crippen LogP) is 9.86. The standard InChI is InChI=1S/C33H39F/c1-3-5-7-9-29-20-21-31-24-30(22-23-32(31)33(29)34)28-18-16-27(17-19-28)15-14-26-12-10-25(11-13-26)8-6-4-2/h3-5,16-26H,2,6-15H2,1H3/b5-3+. The average Bonchev–Trinajstić information content (AvgIpc) is 2.88. The first-order chi connectivity index (χ1) is 16.7. The number of hydrogen-bond acceptors (Lipinski definition) is 0. The van der Waals surface area contributed by atoms with Crippen LogP contribution < -0.4 is 0 Å². The Morgan fingerprint density at radius 1 is 0.824 bits per heavy atom. The molecule has 3 aromatic rings. The molecule has 1 aliphatic carbocycles. The van der Waals surface area contributed by atoms with Gasteiger partial charge in [-0.05, 0) is 91.0 Å². The second kappa shape index (κ2) is 12.2. The molecule has 3 aromatic carbocycles. The Kier molecular flexibility index (Phi) is 8.74. The molecule has 178 valence electrons. The maximum absolute atomic E-state index is 15.0. The van der Waals surface area contributed by atoms with Crippen molar-refractivity contribution in [3.8, 4) is 11.1 Å². The Labute approximate surface area is 205 Å². The van der Waals surface area contributed by atoms with E-state index in [9.17, 15) is 4.39 Å². The largest absolute Gasteiger partial charge is 0.206 e. The van der Waals surface area contributed by atoms with Crippen molar-refractivity contribution in [1.29, 1.82) is 0 Å². The smallest absolute Gasteiger partial charge is 0.134 e. The van der Waals surface area contributed by atoms with Crippen molar-refractivity contribution < 1.29 is 4.39 Å². The lowest BCUT2D eigenvalue weighted by atomic mass is 9.78.